The van der Waals surface area contributed by atoms with Gasteiger partial charge in [0.05, 0.1) is 0 Å². The summed E-state index contributed by atoms with van der Waals surface area (Å²) in [7, 11) is 0. The Balaban J connectivity index is 1.78. The van der Waals surface area contributed by atoms with Crippen molar-refractivity contribution in [3.8, 4) is 0 Å². The molecule has 27 heavy (non-hydrogen) atoms. The van der Waals surface area contributed by atoms with E-state index in [1.54, 1.807) is 0 Å². The van der Waals surface area contributed by atoms with E-state index in [-0.39, 0.29) is 41.6 Å². The van der Waals surface area contributed by atoms with Crippen molar-refractivity contribution in [1.29, 1.82) is 0 Å². The van der Waals surface area contributed by atoms with Crippen molar-refractivity contribution in [3.05, 3.63) is 106 Å². The van der Waals surface area contributed by atoms with Crippen molar-refractivity contribution in [1.82, 2.24) is 0 Å². The molecule has 3 aromatic rings. The van der Waals surface area contributed by atoms with Crippen LogP contribution >= 0.6 is 0 Å². The molecule has 1 nitrogen and oxygen atoms in total. The van der Waals surface area contributed by atoms with Crippen LogP contribution in [0.1, 0.15) is 25.5 Å². The molecule has 0 saturated carbocycles. The average Bonchev–Trinajstić information content (AvgIpc) is 2.95. The van der Waals surface area contributed by atoms with Gasteiger partial charge in [-0.15, -0.1) is 0 Å². The van der Waals surface area contributed by atoms with Gasteiger partial charge in [0.25, 0.3) is 0 Å². The SMILES string of the molecule is CC1(C)OC(c2ccccc2)C([Se]c2ccccc2)=C1[Se]c1ccccc1. The Kier molecular flexibility index (Phi) is 5.68. The predicted octanol–water partition coefficient (Wildman–Crippen LogP) is 3.81. The maximum absolute atomic E-state index is 6.66. The fraction of sp³-hybridized carbons (Fsp3) is 0.167. The van der Waals surface area contributed by atoms with Crippen molar-refractivity contribution < 1.29 is 4.74 Å². The molecule has 1 aliphatic rings. The molecule has 1 atom stereocenters. The normalized spacial score (nSPS) is 18.7. The third-order valence-corrected chi connectivity index (χ3v) is 10.5. The summed E-state index contributed by atoms with van der Waals surface area (Å²) >= 11 is 0.515. The second-order valence-electron chi connectivity index (χ2n) is 6.94. The van der Waals surface area contributed by atoms with Crippen LogP contribution in [0.4, 0.5) is 0 Å². The molecular weight excluding hydrogens is 462 g/mol. The van der Waals surface area contributed by atoms with E-state index in [0.717, 1.165) is 0 Å². The zero-order valence-corrected chi connectivity index (χ0v) is 18.9. The Bertz CT molecular complexity index is 918. The predicted molar refractivity (Wildman–Crippen MR) is 115 cm³/mol. The fourth-order valence-corrected chi connectivity index (χ4v) is 8.70. The zero-order valence-electron chi connectivity index (χ0n) is 15.5. The molecule has 1 aliphatic heterocycles. The Morgan fingerprint density at radius 2 is 1.15 bits per heavy atom. The van der Waals surface area contributed by atoms with Gasteiger partial charge in [-0.1, -0.05) is 0 Å². The topological polar surface area (TPSA) is 9.23 Å². The van der Waals surface area contributed by atoms with E-state index < -0.39 is 0 Å². The molecule has 0 radical (unpaired) electrons. The van der Waals surface area contributed by atoms with Gasteiger partial charge in [-0.25, -0.2) is 0 Å². The van der Waals surface area contributed by atoms with Crippen LogP contribution in [0.15, 0.2) is 99.9 Å². The van der Waals surface area contributed by atoms with Crippen molar-refractivity contribution >= 4 is 38.8 Å². The van der Waals surface area contributed by atoms with Gasteiger partial charge in [0.2, 0.25) is 0 Å². The summed E-state index contributed by atoms with van der Waals surface area (Å²) < 4.78 is 12.5. The standard InChI is InChI=1S/C24H22OSe2/c1-24(2)23(27-20-16-10-5-11-17-20)22(26-19-14-8-4-9-15-19)21(25-24)18-12-6-3-7-13-18/h3-17,21H,1-2H3. The summed E-state index contributed by atoms with van der Waals surface area (Å²) in [6.45, 7) is 4.47. The van der Waals surface area contributed by atoms with Crippen molar-refractivity contribution in [3.63, 3.8) is 0 Å². The van der Waals surface area contributed by atoms with Gasteiger partial charge >= 0.3 is 175 Å². The summed E-state index contributed by atoms with van der Waals surface area (Å²) in [5, 5.41) is 0. The van der Waals surface area contributed by atoms with E-state index in [9.17, 15) is 0 Å². The van der Waals surface area contributed by atoms with Crippen LogP contribution in [0.2, 0.25) is 0 Å². The van der Waals surface area contributed by atoms with Gasteiger partial charge in [-0.05, 0) is 0 Å². The van der Waals surface area contributed by atoms with Crippen LogP contribution in [0, 0.1) is 0 Å². The average molecular weight is 484 g/mol. The van der Waals surface area contributed by atoms with Gasteiger partial charge in [-0.3, -0.25) is 0 Å². The Hall–Kier alpha value is -1.60. The quantitative estimate of drug-likeness (QED) is 0.501. The molecule has 0 bridgehead atoms. The first-order chi connectivity index (χ1) is 13.1. The summed E-state index contributed by atoms with van der Waals surface area (Å²) in [5.41, 5.74) is 1.03. The first-order valence-electron chi connectivity index (χ1n) is 9.07. The van der Waals surface area contributed by atoms with E-state index in [0.29, 0.717) is 0 Å². The van der Waals surface area contributed by atoms with Crippen LogP contribution < -0.4 is 8.92 Å². The van der Waals surface area contributed by atoms with Gasteiger partial charge in [0, 0.05) is 0 Å². The molecule has 0 amide bonds. The third kappa shape index (κ3) is 4.29. The molecule has 0 N–H and O–H groups in total. The van der Waals surface area contributed by atoms with E-state index in [4.69, 9.17) is 4.74 Å². The van der Waals surface area contributed by atoms with Crippen LogP contribution in [-0.2, 0) is 4.74 Å². The molecule has 1 heterocycles. The summed E-state index contributed by atoms with van der Waals surface area (Å²) in [6.07, 6.45) is 0.0574. The van der Waals surface area contributed by atoms with Crippen LogP contribution in [0.5, 0.6) is 0 Å². The van der Waals surface area contributed by atoms with E-state index in [1.165, 1.54) is 23.4 Å². The van der Waals surface area contributed by atoms with E-state index in [1.807, 2.05) is 0 Å². The molecule has 4 rings (SSSR count). The fourth-order valence-electron chi connectivity index (χ4n) is 3.16. The van der Waals surface area contributed by atoms with E-state index >= 15 is 0 Å². The third-order valence-electron chi connectivity index (χ3n) is 4.46. The second-order valence-corrected chi connectivity index (χ2v) is 11.6. The minimum absolute atomic E-state index is 0.0574. The van der Waals surface area contributed by atoms with Crippen molar-refractivity contribution in [2.75, 3.05) is 0 Å². The molecule has 1 unspecified atom stereocenters. The van der Waals surface area contributed by atoms with Gasteiger partial charge < -0.3 is 0 Å². The van der Waals surface area contributed by atoms with Gasteiger partial charge in [-0.2, -0.15) is 0 Å². The van der Waals surface area contributed by atoms with Crippen LogP contribution in [0.3, 0.4) is 0 Å². The number of ether oxygens (including phenoxy) is 1. The first kappa shape index (κ1) is 18.7. The van der Waals surface area contributed by atoms with E-state index in [2.05, 4.69) is 105 Å². The maximum atomic E-state index is 6.66. The molecule has 0 saturated heterocycles. The molecule has 0 aromatic heterocycles. The Labute approximate surface area is 174 Å². The van der Waals surface area contributed by atoms with Gasteiger partial charge in [0.1, 0.15) is 0 Å². The van der Waals surface area contributed by atoms with Crippen molar-refractivity contribution in [2.45, 2.75) is 25.6 Å². The van der Waals surface area contributed by atoms with Crippen LogP contribution in [0.25, 0.3) is 0 Å². The van der Waals surface area contributed by atoms with Crippen molar-refractivity contribution in [2.24, 2.45) is 0 Å². The molecule has 3 heteroatoms. The van der Waals surface area contributed by atoms with Gasteiger partial charge in [0.15, 0.2) is 0 Å². The number of rotatable bonds is 5. The zero-order chi connectivity index (χ0) is 18.7. The molecule has 3 aromatic carbocycles. The summed E-state index contributed by atoms with van der Waals surface area (Å²) in [5.74, 6) is 0. The first-order valence-corrected chi connectivity index (χ1v) is 12.5. The number of benzene rings is 3. The molecule has 0 fully saturated rings. The number of hydrogen-bond acceptors (Lipinski definition) is 1. The molecular formula is C24H22OSe2. The minimum atomic E-state index is -0.234. The Morgan fingerprint density at radius 1 is 0.667 bits per heavy atom. The Morgan fingerprint density at radius 3 is 1.70 bits per heavy atom. The number of hydrogen-bond donors (Lipinski definition) is 0. The monoisotopic (exact) mass is 486 g/mol. The molecule has 0 spiro atoms. The summed E-state index contributed by atoms with van der Waals surface area (Å²) in [6, 6.07) is 32.4. The molecule has 136 valence electrons. The second kappa shape index (κ2) is 8.19. The summed E-state index contributed by atoms with van der Waals surface area (Å²) in [4.78, 5) is 0. The van der Waals surface area contributed by atoms with Crippen LogP contribution in [-0.4, -0.2) is 35.5 Å². The molecule has 0 aliphatic carbocycles.